The number of methoxy groups -OCH3 is 1. The number of carbonyl (C=O) groups excluding carboxylic acids is 1. The number of nitrogens with one attached hydrogen (secondary N) is 2. The number of hydrogen-bond acceptors (Lipinski definition) is 6. The topological polar surface area (TPSA) is 114 Å². The van der Waals surface area contributed by atoms with Gasteiger partial charge in [-0.05, 0) is 18.6 Å². The predicted octanol–water partition coefficient (Wildman–Crippen LogP) is 2.54. The van der Waals surface area contributed by atoms with Gasteiger partial charge in [-0.1, -0.05) is 48.5 Å². The van der Waals surface area contributed by atoms with Crippen LogP contribution in [0.25, 0.3) is 0 Å². The molecular formula is C22H23N3O5. The first-order chi connectivity index (χ1) is 14.5. The number of hydrogen-bond donors (Lipinski definition) is 3. The van der Waals surface area contributed by atoms with Crippen molar-refractivity contribution in [2.45, 2.75) is 19.6 Å². The molecule has 0 bridgehead atoms. The van der Waals surface area contributed by atoms with E-state index in [1.165, 1.54) is 7.11 Å². The van der Waals surface area contributed by atoms with E-state index in [0.717, 1.165) is 11.1 Å². The summed E-state index contributed by atoms with van der Waals surface area (Å²) in [5, 5.41) is 12.8. The van der Waals surface area contributed by atoms with E-state index in [2.05, 4.69) is 15.3 Å². The molecule has 1 unspecified atom stereocenters. The number of ether oxygens (including phenoxy) is 2. The number of aromatic amines is 1. The van der Waals surface area contributed by atoms with E-state index in [1.807, 2.05) is 55.5 Å². The fourth-order valence-electron chi connectivity index (χ4n) is 3.01. The van der Waals surface area contributed by atoms with Crippen molar-refractivity contribution in [1.29, 1.82) is 0 Å². The van der Waals surface area contributed by atoms with Crippen molar-refractivity contribution in [3.63, 3.8) is 0 Å². The Kier molecular flexibility index (Phi) is 6.82. The van der Waals surface area contributed by atoms with Crippen LogP contribution in [0.15, 0.2) is 59.4 Å². The number of nitrogens with zero attached hydrogens (tertiary/aromatic N) is 1. The Hall–Kier alpha value is -3.65. The van der Waals surface area contributed by atoms with Gasteiger partial charge in [-0.2, -0.15) is 0 Å². The fourth-order valence-corrected chi connectivity index (χ4v) is 3.01. The molecule has 8 nitrogen and oxygen atoms in total. The van der Waals surface area contributed by atoms with Crippen LogP contribution in [0.5, 0.6) is 11.5 Å². The number of H-pyrrole nitrogens is 1. The first-order valence-corrected chi connectivity index (χ1v) is 9.45. The summed E-state index contributed by atoms with van der Waals surface area (Å²) in [4.78, 5) is 31.6. The molecule has 0 saturated heterocycles. The lowest BCUT2D eigenvalue weighted by Gasteiger charge is -2.16. The van der Waals surface area contributed by atoms with E-state index >= 15 is 0 Å². The fraction of sp³-hybridized carbons (Fsp3) is 0.227. The third kappa shape index (κ3) is 4.66. The minimum absolute atomic E-state index is 0.117. The van der Waals surface area contributed by atoms with Crippen molar-refractivity contribution in [3.8, 4) is 11.5 Å². The number of aromatic nitrogens is 2. The Morgan fingerprint density at radius 1 is 1.17 bits per heavy atom. The maximum atomic E-state index is 12.7. The van der Waals surface area contributed by atoms with Crippen LogP contribution in [0.2, 0.25) is 0 Å². The van der Waals surface area contributed by atoms with Gasteiger partial charge in [0.2, 0.25) is 5.75 Å². The zero-order valence-electron chi connectivity index (χ0n) is 16.7. The molecule has 30 heavy (non-hydrogen) atoms. The molecule has 0 radical (unpaired) electrons. The average molecular weight is 409 g/mol. The van der Waals surface area contributed by atoms with Crippen LogP contribution in [0.1, 0.15) is 40.5 Å². The molecule has 2 aromatic carbocycles. The largest absolute Gasteiger partial charge is 0.501 e. The number of rotatable bonds is 8. The number of aromatic hydroxyl groups is 1. The molecule has 3 rings (SSSR count). The van der Waals surface area contributed by atoms with Gasteiger partial charge in [-0.15, -0.1) is 0 Å². The van der Waals surface area contributed by atoms with Crippen LogP contribution in [-0.4, -0.2) is 34.7 Å². The van der Waals surface area contributed by atoms with Crippen molar-refractivity contribution in [2.75, 3.05) is 13.7 Å². The standard InChI is InChI=1S/C22H23N3O5/c1-3-30-16-12-8-7-11-15(16)13-23-21(27)17-18(26)22(28)25-20(24-17)19(29-2)14-9-5-4-6-10-14/h4-12,19,26H,3,13H2,1-2H3,(H,23,27)(H,24,25,28). The first-order valence-electron chi connectivity index (χ1n) is 9.45. The van der Waals surface area contributed by atoms with Gasteiger partial charge in [-0.25, -0.2) is 4.98 Å². The summed E-state index contributed by atoms with van der Waals surface area (Å²) in [5.41, 5.74) is 0.306. The molecule has 1 atom stereocenters. The molecule has 8 heteroatoms. The molecule has 3 aromatic rings. The molecule has 0 aliphatic heterocycles. The highest BCUT2D eigenvalue weighted by molar-refractivity contribution is 5.94. The van der Waals surface area contributed by atoms with E-state index in [0.29, 0.717) is 12.4 Å². The Bertz CT molecular complexity index is 1070. The van der Waals surface area contributed by atoms with Crippen LogP contribution in [-0.2, 0) is 11.3 Å². The van der Waals surface area contributed by atoms with Gasteiger partial charge in [0.05, 0.1) is 6.61 Å². The maximum Gasteiger partial charge on any atom is 0.294 e. The smallest absolute Gasteiger partial charge is 0.294 e. The average Bonchev–Trinajstić information content (AvgIpc) is 2.76. The number of amides is 1. The third-order valence-electron chi connectivity index (χ3n) is 4.43. The van der Waals surface area contributed by atoms with Crippen LogP contribution in [0, 0.1) is 0 Å². The van der Waals surface area contributed by atoms with Crippen LogP contribution in [0.4, 0.5) is 0 Å². The lowest BCUT2D eigenvalue weighted by molar-refractivity contribution is 0.0938. The number of carbonyl (C=O) groups is 1. The molecule has 0 aliphatic carbocycles. The predicted molar refractivity (Wildman–Crippen MR) is 111 cm³/mol. The molecule has 0 saturated carbocycles. The normalized spacial score (nSPS) is 11.7. The molecule has 1 aromatic heterocycles. The SMILES string of the molecule is CCOc1ccccc1CNC(=O)c1nc(C(OC)c2ccccc2)[nH]c(=O)c1O. The van der Waals surface area contributed by atoms with E-state index < -0.39 is 23.3 Å². The van der Waals surface area contributed by atoms with Gasteiger partial charge in [0, 0.05) is 19.2 Å². The first kappa shape index (κ1) is 21.1. The van der Waals surface area contributed by atoms with Crippen molar-refractivity contribution in [1.82, 2.24) is 15.3 Å². The van der Waals surface area contributed by atoms with E-state index in [4.69, 9.17) is 9.47 Å². The Morgan fingerprint density at radius 2 is 1.87 bits per heavy atom. The highest BCUT2D eigenvalue weighted by atomic mass is 16.5. The van der Waals surface area contributed by atoms with Gasteiger partial charge < -0.3 is 24.9 Å². The van der Waals surface area contributed by atoms with Crippen molar-refractivity contribution in [3.05, 3.63) is 87.6 Å². The Balaban J connectivity index is 1.87. The minimum Gasteiger partial charge on any atom is -0.501 e. The van der Waals surface area contributed by atoms with Crippen LogP contribution in [0.3, 0.4) is 0 Å². The second-order valence-electron chi connectivity index (χ2n) is 6.40. The molecule has 1 heterocycles. The highest BCUT2D eigenvalue weighted by Crippen LogP contribution is 2.23. The molecule has 0 aliphatic rings. The Labute approximate surface area is 173 Å². The summed E-state index contributed by atoms with van der Waals surface area (Å²) in [6, 6.07) is 16.4. The summed E-state index contributed by atoms with van der Waals surface area (Å²) in [5.74, 6) is -0.676. The summed E-state index contributed by atoms with van der Waals surface area (Å²) < 4.78 is 11.0. The van der Waals surface area contributed by atoms with Crippen molar-refractivity contribution in [2.24, 2.45) is 0 Å². The molecule has 156 valence electrons. The lowest BCUT2D eigenvalue weighted by Crippen LogP contribution is -2.28. The maximum absolute atomic E-state index is 12.7. The molecule has 0 fully saturated rings. The zero-order valence-corrected chi connectivity index (χ0v) is 16.7. The second kappa shape index (κ2) is 9.71. The molecular weight excluding hydrogens is 386 g/mol. The summed E-state index contributed by atoms with van der Waals surface area (Å²) >= 11 is 0. The van der Waals surface area contributed by atoms with Gasteiger partial charge in [-0.3, -0.25) is 9.59 Å². The zero-order chi connectivity index (χ0) is 21.5. The Morgan fingerprint density at radius 3 is 2.57 bits per heavy atom. The van der Waals surface area contributed by atoms with E-state index in [-0.39, 0.29) is 18.1 Å². The molecule has 3 N–H and O–H groups in total. The monoisotopic (exact) mass is 409 g/mol. The van der Waals surface area contributed by atoms with Gasteiger partial charge in [0.25, 0.3) is 11.5 Å². The summed E-state index contributed by atoms with van der Waals surface area (Å²) in [7, 11) is 1.47. The van der Waals surface area contributed by atoms with Crippen molar-refractivity contribution < 1.29 is 19.4 Å². The number of para-hydroxylation sites is 1. The van der Waals surface area contributed by atoms with Crippen LogP contribution < -0.4 is 15.6 Å². The minimum atomic E-state index is -0.821. The van der Waals surface area contributed by atoms with Crippen LogP contribution >= 0.6 is 0 Å². The van der Waals surface area contributed by atoms with Crippen molar-refractivity contribution >= 4 is 5.91 Å². The van der Waals surface area contributed by atoms with Gasteiger partial charge in [0.15, 0.2) is 5.69 Å². The lowest BCUT2D eigenvalue weighted by atomic mass is 10.1. The number of benzene rings is 2. The molecule has 0 spiro atoms. The summed E-state index contributed by atoms with van der Waals surface area (Å²) in [6.45, 7) is 2.50. The van der Waals surface area contributed by atoms with Gasteiger partial charge in [0.1, 0.15) is 17.7 Å². The van der Waals surface area contributed by atoms with E-state index in [1.54, 1.807) is 6.07 Å². The van der Waals surface area contributed by atoms with E-state index in [9.17, 15) is 14.7 Å². The highest BCUT2D eigenvalue weighted by Gasteiger charge is 2.23. The third-order valence-corrected chi connectivity index (χ3v) is 4.43. The quantitative estimate of drug-likeness (QED) is 0.527. The second-order valence-corrected chi connectivity index (χ2v) is 6.40. The summed E-state index contributed by atoms with van der Waals surface area (Å²) in [6.07, 6.45) is -0.704. The van der Waals surface area contributed by atoms with Gasteiger partial charge >= 0.3 is 0 Å². The molecule has 1 amide bonds.